The van der Waals surface area contributed by atoms with E-state index < -0.39 is 10.2 Å². The lowest BCUT2D eigenvalue weighted by Crippen LogP contribution is -2.46. The first-order valence-corrected chi connectivity index (χ1v) is 10.1. The van der Waals surface area contributed by atoms with Gasteiger partial charge in [-0.15, -0.1) is 0 Å². The van der Waals surface area contributed by atoms with Crippen molar-refractivity contribution in [2.75, 3.05) is 26.2 Å². The standard InChI is InChI=1S/C16H22N6O2S/c23-25(24,21-8-1-2-9-21)22-10-3-4-14(12-22)15-16(19-6-5-18-15)20-11-7-17-13-20/h5-7,11,13-14H,1-4,8-10,12H2/t14-/m1/s1. The fourth-order valence-electron chi connectivity index (χ4n) is 3.67. The quantitative estimate of drug-likeness (QED) is 0.815. The van der Waals surface area contributed by atoms with Gasteiger partial charge in [0.05, 0.1) is 5.69 Å². The normalized spacial score (nSPS) is 23.1. The predicted molar refractivity (Wildman–Crippen MR) is 92.4 cm³/mol. The third kappa shape index (κ3) is 3.19. The molecule has 0 saturated carbocycles. The maximum Gasteiger partial charge on any atom is 0.281 e. The minimum Gasteiger partial charge on any atom is -0.289 e. The molecule has 0 bridgehead atoms. The van der Waals surface area contributed by atoms with Crippen LogP contribution in [-0.2, 0) is 10.2 Å². The number of piperidine rings is 1. The summed E-state index contributed by atoms with van der Waals surface area (Å²) in [4.78, 5) is 13.0. The largest absolute Gasteiger partial charge is 0.289 e. The van der Waals surface area contributed by atoms with E-state index in [1.54, 1.807) is 33.5 Å². The number of rotatable bonds is 4. The van der Waals surface area contributed by atoms with Crippen LogP contribution in [0.4, 0.5) is 0 Å². The van der Waals surface area contributed by atoms with Crippen LogP contribution < -0.4 is 0 Å². The topological polar surface area (TPSA) is 84.2 Å². The Morgan fingerprint density at radius 2 is 1.72 bits per heavy atom. The van der Waals surface area contributed by atoms with Crippen molar-refractivity contribution in [2.45, 2.75) is 31.6 Å². The second-order valence-electron chi connectivity index (χ2n) is 6.55. The van der Waals surface area contributed by atoms with E-state index in [1.807, 2.05) is 10.8 Å². The highest BCUT2D eigenvalue weighted by molar-refractivity contribution is 7.86. The van der Waals surface area contributed by atoms with Gasteiger partial charge in [0.1, 0.15) is 6.33 Å². The first kappa shape index (κ1) is 16.6. The molecule has 134 valence electrons. The van der Waals surface area contributed by atoms with Crippen molar-refractivity contribution in [1.82, 2.24) is 28.1 Å². The maximum atomic E-state index is 12.9. The van der Waals surface area contributed by atoms with Gasteiger partial charge in [0.15, 0.2) is 5.82 Å². The van der Waals surface area contributed by atoms with Crippen molar-refractivity contribution < 1.29 is 8.42 Å². The lowest BCUT2D eigenvalue weighted by molar-refractivity contribution is 0.289. The van der Waals surface area contributed by atoms with Crippen molar-refractivity contribution in [3.63, 3.8) is 0 Å². The van der Waals surface area contributed by atoms with Crippen molar-refractivity contribution in [3.8, 4) is 5.82 Å². The summed E-state index contributed by atoms with van der Waals surface area (Å²) in [7, 11) is -3.37. The van der Waals surface area contributed by atoms with Gasteiger partial charge in [-0.3, -0.25) is 9.55 Å². The highest BCUT2D eigenvalue weighted by Gasteiger charge is 2.36. The predicted octanol–water partition coefficient (Wildman–Crippen LogP) is 1.18. The summed E-state index contributed by atoms with van der Waals surface area (Å²) in [6.45, 7) is 2.30. The van der Waals surface area contributed by atoms with E-state index in [0.29, 0.717) is 26.2 Å². The van der Waals surface area contributed by atoms with Crippen LogP contribution in [0.1, 0.15) is 37.3 Å². The summed E-state index contributed by atoms with van der Waals surface area (Å²) in [5, 5.41) is 0. The van der Waals surface area contributed by atoms with E-state index in [-0.39, 0.29) is 5.92 Å². The summed E-state index contributed by atoms with van der Waals surface area (Å²) < 4.78 is 30.8. The minimum atomic E-state index is -3.37. The summed E-state index contributed by atoms with van der Waals surface area (Å²) in [6, 6.07) is 0. The molecule has 25 heavy (non-hydrogen) atoms. The molecule has 1 atom stereocenters. The molecule has 0 aliphatic carbocycles. The minimum absolute atomic E-state index is 0.0391. The zero-order chi connectivity index (χ0) is 17.3. The molecular weight excluding hydrogens is 340 g/mol. The Balaban J connectivity index is 1.60. The van der Waals surface area contributed by atoms with Gasteiger partial charge in [-0.25, -0.2) is 9.97 Å². The van der Waals surface area contributed by atoms with Crippen LogP contribution >= 0.6 is 0 Å². The average molecular weight is 362 g/mol. The highest BCUT2D eigenvalue weighted by atomic mass is 32.2. The van der Waals surface area contributed by atoms with Crippen molar-refractivity contribution in [2.24, 2.45) is 0 Å². The van der Waals surface area contributed by atoms with Crippen LogP contribution in [0, 0.1) is 0 Å². The Hall–Kier alpha value is -1.84. The van der Waals surface area contributed by atoms with E-state index in [9.17, 15) is 8.42 Å². The SMILES string of the molecule is O=S(=O)(N1CCCC1)N1CCC[C@@H](c2nccnc2-n2ccnc2)C1. The smallest absolute Gasteiger partial charge is 0.281 e. The van der Waals surface area contributed by atoms with Crippen molar-refractivity contribution in [1.29, 1.82) is 0 Å². The zero-order valence-electron chi connectivity index (χ0n) is 14.0. The van der Waals surface area contributed by atoms with Gasteiger partial charge in [-0.05, 0) is 25.7 Å². The molecule has 0 N–H and O–H groups in total. The van der Waals surface area contributed by atoms with E-state index >= 15 is 0 Å². The van der Waals surface area contributed by atoms with Crippen LogP contribution in [0.5, 0.6) is 0 Å². The molecule has 2 saturated heterocycles. The average Bonchev–Trinajstić information content (AvgIpc) is 3.36. The number of hydrogen-bond acceptors (Lipinski definition) is 5. The monoisotopic (exact) mass is 362 g/mol. The van der Waals surface area contributed by atoms with Gasteiger partial charge >= 0.3 is 0 Å². The number of nitrogens with zero attached hydrogens (tertiary/aromatic N) is 6. The maximum absolute atomic E-state index is 12.9. The van der Waals surface area contributed by atoms with Crippen molar-refractivity contribution in [3.05, 3.63) is 36.8 Å². The molecule has 0 unspecified atom stereocenters. The molecule has 2 aliphatic heterocycles. The fraction of sp³-hybridized carbons (Fsp3) is 0.562. The number of imidazole rings is 1. The van der Waals surface area contributed by atoms with E-state index in [1.165, 1.54) is 0 Å². The molecule has 8 nitrogen and oxygen atoms in total. The van der Waals surface area contributed by atoms with Gasteiger partial charge in [0.2, 0.25) is 0 Å². The van der Waals surface area contributed by atoms with Gasteiger partial charge in [-0.1, -0.05) is 0 Å². The summed E-state index contributed by atoms with van der Waals surface area (Å²) in [5.74, 6) is 0.766. The van der Waals surface area contributed by atoms with Crippen LogP contribution in [-0.4, -0.2) is 62.7 Å². The second-order valence-corrected chi connectivity index (χ2v) is 8.47. The van der Waals surface area contributed by atoms with Crippen molar-refractivity contribution >= 4 is 10.2 Å². The summed E-state index contributed by atoms with van der Waals surface area (Å²) in [6.07, 6.45) is 12.2. The van der Waals surface area contributed by atoms with Crippen LogP contribution in [0.2, 0.25) is 0 Å². The first-order valence-electron chi connectivity index (χ1n) is 8.71. The van der Waals surface area contributed by atoms with E-state index in [4.69, 9.17) is 0 Å². The van der Waals surface area contributed by atoms with Crippen LogP contribution in [0.25, 0.3) is 5.82 Å². The Morgan fingerprint density at radius 1 is 0.960 bits per heavy atom. The van der Waals surface area contributed by atoms with Gasteiger partial charge < -0.3 is 0 Å². The van der Waals surface area contributed by atoms with Crippen LogP contribution in [0.15, 0.2) is 31.1 Å². The molecule has 2 fully saturated rings. The zero-order valence-corrected chi connectivity index (χ0v) is 14.8. The third-order valence-electron chi connectivity index (χ3n) is 4.94. The van der Waals surface area contributed by atoms with E-state index in [0.717, 1.165) is 37.2 Å². The van der Waals surface area contributed by atoms with Gasteiger partial charge in [0, 0.05) is 56.9 Å². The highest BCUT2D eigenvalue weighted by Crippen LogP contribution is 2.31. The molecule has 0 amide bonds. The third-order valence-corrected chi connectivity index (χ3v) is 6.95. The lowest BCUT2D eigenvalue weighted by Gasteiger charge is -2.34. The lowest BCUT2D eigenvalue weighted by atomic mass is 9.95. The molecule has 2 aromatic heterocycles. The first-order chi connectivity index (χ1) is 12.2. The summed E-state index contributed by atoms with van der Waals surface area (Å²) >= 11 is 0. The molecular formula is C16H22N6O2S. The summed E-state index contributed by atoms with van der Waals surface area (Å²) in [5.41, 5.74) is 0.835. The second kappa shape index (κ2) is 6.81. The number of hydrogen-bond donors (Lipinski definition) is 0. The Labute approximate surface area is 147 Å². The molecule has 9 heteroatoms. The molecule has 2 aliphatic rings. The van der Waals surface area contributed by atoms with Gasteiger partial charge in [-0.2, -0.15) is 17.0 Å². The molecule has 4 heterocycles. The molecule has 2 aromatic rings. The Bertz CT molecular complexity index is 817. The number of aromatic nitrogens is 4. The molecule has 0 spiro atoms. The fourth-order valence-corrected chi connectivity index (χ4v) is 5.44. The Morgan fingerprint density at radius 3 is 2.48 bits per heavy atom. The molecule has 0 aromatic carbocycles. The van der Waals surface area contributed by atoms with Gasteiger partial charge in [0.25, 0.3) is 10.2 Å². The Kier molecular flexibility index (Phi) is 4.53. The molecule has 0 radical (unpaired) electrons. The van der Waals surface area contributed by atoms with E-state index in [2.05, 4.69) is 15.0 Å². The molecule has 4 rings (SSSR count). The van der Waals surface area contributed by atoms with Crippen LogP contribution in [0.3, 0.4) is 0 Å².